The molecule has 0 saturated carbocycles. The SMILES string of the molecule is COc1ccc(NC(=O)N2CCC(N3CCN(Cc4ccccc4)C3=O)CC2)cc1OC. The third-order valence-corrected chi connectivity index (χ3v) is 6.17. The second-order valence-electron chi connectivity index (χ2n) is 8.10. The van der Waals surface area contributed by atoms with E-state index in [0.29, 0.717) is 36.8 Å². The van der Waals surface area contributed by atoms with Crippen LogP contribution in [0.3, 0.4) is 0 Å². The predicted octanol–water partition coefficient (Wildman–Crippen LogP) is 3.64. The minimum atomic E-state index is -0.144. The third kappa shape index (κ3) is 4.74. The molecular weight excluding hydrogens is 408 g/mol. The number of carbonyl (C=O) groups is 2. The van der Waals surface area contributed by atoms with Gasteiger partial charge in [-0.15, -0.1) is 0 Å². The Hall–Kier alpha value is -3.42. The fourth-order valence-corrected chi connectivity index (χ4v) is 4.39. The Balaban J connectivity index is 1.28. The molecule has 2 fully saturated rings. The van der Waals surface area contributed by atoms with Gasteiger partial charge < -0.3 is 29.5 Å². The molecule has 0 bridgehead atoms. The minimum absolute atomic E-state index is 0.0992. The second-order valence-corrected chi connectivity index (χ2v) is 8.10. The molecule has 4 amide bonds. The second kappa shape index (κ2) is 9.80. The Morgan fingerprint density at radius 3 is 2.38 bits per heavy atom. The maximum Gasteiger partial charge on any atom is 0.321 e. The molecule has 2 aromatic rings. The molecule has 2 aliphatic rings. The number of carbonyl (C=O) groups excluding carboxylic acids is 2. The number of hydrogen-bond donors (Lipinski definition) is 1. The standard InChI is InChI=1S/C24H30N4O4/c1-31-21-9-8-19(16-22(21)32-2)25-23(29)26-12-10-20(11-13-26)28-15-14-27(24(28)30)17-18-6-4-3-5-7-18/h3-9,16,20H,10-15,17H2,1-2H3,(H,25,29). The largest absolute Gasteiger partial charge is 0.493 e. The van der Waals surface area contributed by atoms with Gasteiger partial charge in [-0.2, -0.15) is 0 Å². The number of nitrogens with zero attached hydrogens (tertiary/aromatic N) is 3. The van der Waals surface area contributed by atoms with Crippen LogP contribution in [-0.4, -0.2) is 73.2 Å². The van der Waals surface area contributed by atoms with Gasteiger partial charge in [0.2, 0.25) is 0 Å². The number of amides is 4. The van der Waals surface area contributed by atoms with Crippen molar-refractivity contribution in [1.82, 2.24) is 14.7 Å². The molecule has 0 spiro atoms. The van der Waals surface area contributed by atoms with E-state index in [1.54, 1.807) is 37.3 Å². The van der Waals surface area contributed by atoms with Gasteiger partial charge >= 0.3 is 12.1 Å². The summed E-state index contributed by atoms with van der Waals surface area (Å²) in [6.45, 7) is 3.36. The maximum absolute atomic E-state index is 12.9. The van der Waals surface area contributed by atoms with E-state index in [9.17, 15) is 9.59 Å². The Bertz CT molecular complexity index is 944. The van der Waals surface area contributed by atoms with E-state index in [1.165, 1.54) is 0 Å². The number of piperidine rings is 1. The van der Waals surface area contributed by atoms with Crippen molar-refractivity contribution in [2.45, 2.75) is 25.4 Å². The Labute approximate surface area is 188 Å². The topological polar surface area (TPSA) is 74.4 Å². The molecule has 8 nitrogen and oxygen atoms in total. The quantitative estimate of drug-likeness (QED) is 0.747. The van der Waals surface area contributed by atoms with Gasteiger partial charge in [0.25, 0.3) is 0 Å². The van der Waals surface area contributed by atoms with Crippen molar-refractivity contribution in [3.63, 3.8) is 0 Å². The van der Waals surface area contributed by atoms with E-state index in [-0.39, 0.29) is 18.1 Å². The first-order chi connectivity index (χ1) is 15.6. The van der Waals surface area contributed by atoms with Crippen molar-refractivity contribution in [3.05, 3.63) is 54.1 Å². The number of likely N-dealkylation sites (tertiary alicyclic amines) is 1. The van der Waals surface area contributed by atoms with Gasteiger partial charge in [-0.3, -0.25) is 0 Å². The zero-order valence-corrected chi connectivity index (χ0v) is 18.6. The summed E-state index contributed by atoms with van der Waals surface area (Å²) in [7, 11) is 3.14. The van der Waals surface area contributed by atoms with Crippen LogP contribution in [0.15, 0.2) is 48.5 Å². The van der Waals surface area contributed by atoms with E-state index in [1.807, 2.05) is 40.1 Å². The van der Waals surface area contributed by atoms with Gasteiger partial charge in [-0.05, 0) is 30.5 Å². The zero-order chi connectivity index (χ0) is 22.5. The van der Waals surface area contributed by atoms with Crippen molar-refractivity contribution in [3.8, 4) is 11.5 Å². The van der Waals surface area contributed by atoms with Crippen molar-refractivity contribution >= 4 is 17.7 Å². The molecule has 4 rings (SSSR count). The molecule has 0 radical (unpaired) electrons. The molecule has 2 saturated heterocycles. The molecule has 0 aromatic heterocycles. The van der Waals surface area contributed by atoms with Gasteiger partial charge in [-0.1, -0.05) is 30.3 Å². The molecule has 2 aliphatic heterocycles. The monoisotopic (exact) mass is 438 g/mol. The summed E-state index contributed by atoms with van der Waals surface area (Å²) >= 11 is 0. The summed E-state index contributed by atoms with van der Waals surface area (Å²) in [6.07, 6.45) is 1.56. The van der Waals surface area contributed by atoms with E-state index in [0.717, 1.165) is 31.5 Å². The van der Waals surface area contributed by atoms with E-state index >= 15 is 0 Å². The van der Waals surface area contributed by atoms with Crippen LogP contribution in [-0.2, 0) is 6.54 Å². The fourth-order valence-electron chi connectivity index (χ4n) is 4.39. The minimum Gasteiger partial charge on any atom is -0.493 e. The zero-order valence-electron chi connectivity index (χ0n) is 18.6. The molecule has 1 N–H and O–H groups in total. The van der Waals surface area contributed by atoms with Crippen molar-refractivity contribution in [2.75, 3.05) is 45.7 Å². The summed E-state index contributed by atoms with van der Waals surface area (Å²) in [5.41, 5.74) is 1.80. The lowest BCUT2D eigenvalue weighted by molar-refractivity contribution is 0.139. The summed E-state index contributed by atoms with van der Waals surface area (Å²) < 4.78 is 10.5. The third-order valence-electron chi connectivity index (χ3n) is 6.17. The summed E-state index contributed by atoms with van der Waals surface area (Å²) in [5.74, 6) is 1.18. The van der Waals surface area contributed by atoms with Crippen LogP contribution in [0.4, 0.5) is 15.3 Å². The molecule has 8 heteroatoms. The van der Waals surface area contributed by atoms with E-state index in [4.69, 9.17) is 9.47 Å². The number of anilines is 1. The molecule has 170 valence electrons. The summed E-state index contributed by atoms with van der Waals surface area (Å²) in [5, 5.41) is 2.93. The lowest BCUT2D eigenvalue weighted by Gasteiger charge is -2.36. The Kier molecular flexibility index (Phi) is 6.68. The molecule has 2 aromatic carbocycles. The maximum atomic E-state index is 12.9. The Morgan fingerprint density at radius 1 is 0.969 bits per heavy atom. The van der Waals surface area contributed by atoms with Crippen LogP contribution >= 0.6 is 0 Å². The van der Waals surface area contributed by atoms with Crippen molar-refractivity contribution < 1.29 is 19.1 Å². The number of hydrogen-bond acceptors (Lipinski definition) is 4. The van der Waals surface area contributed by atoms with Gasteiger partial charge in [-0.25, -0.2) is 9.59 Å². The number of ether oxygens (including phenoxy) is 2. The van der Waals surface area contributed by atoms with Crippen LogP contribution in [0.25, 0.3) is 0 Å². The van der Waals surface area contributed by atoms with Crippen LogP contribution in [0.2, 0.25) is 0 Å². The van der Waals surface area contributed by atoms with Crippen LogP contribution < -0.4 is 14.8 Å². The van der Waals surface area contributed by atoms with Crippen LogP contribution in [0.5, 0.6) is 11.5 Å². The molecule has 0 unspecified atom stereocenters. The number of nitrogens with one attached hydrogen (secondary N) is 1. The fraction of sp³-hybridized carbons (Fsp3) is 0.417. The molecule has 0 aliphatic carbocycles. The van der Waals surface area contributed by atoms with Gasteiger partial charge in [0.1, 0.15) is 0 Å². The number of benzene rings is 2. The normalized spacial score (nSPS) is 16.9. The highest BCUT2D eigenvalue weighted by atomic mass is 16.5. The van der Waals surface area contributed by atoms with Crippen molar-refractivity contribution in [2.24, 2.45) is 0 Å². The van der Waals surface area contributed by atoms with Crippen LogP contribution in [0.1, 0.15) is 18.4 Å². The highest BCUT2D eigenvalue weighted by molar-refractivity contribution is 5.89. The summed E-state index contributed by atoms with van der Waals surface area (Å²) in [4.78, 5) is 31.3. The van der Waals surface area contributed by atoms with E-state index < -0.39 is 0 Å². The highest BCUT2D eigenvalue weighted by Gasteiger charge is 2.36. The van der Waals surface area contributed by atoms with Gasteiger partial charge in [0, 0.05) is 50.5 Å². The molecule has 32 heavy (non-hydrogen) atoms. The number of rotatable bonds is 6. The lowest BCUT2D eigenvalue weighted by atomic mass is 10.0. The van der Waals surface area contributed by atoms with E-state index in [2.05, 4.69) is 5.32 Å². The number of urea groups is 2. The summed E-state index contributed by atoms with van der Waals surface area (Å²) in [6, 6.07) is 15.5. The number of methoxy groups -OCH3 is 2. The highest BCUT2D eigenvalue weighted by Crippen LogP contribution is 2.30. The first kappa shape index (κ1) is 21.8. The average Bonchev–Trinajstić information content (AvgIpc) is 3.19. The van der Waals surface area contributed by atoms with Gasteiger partial charge in [0.15, 0.2) is 11.5 Å². The first-order valence-electron chi connectivity index (χ1n) is 11.0. The molecular formula is C24H30N4O4. The predicted molar refractivity (Wildman–Crippen MR) is 122 cm³/mol. The van der Waals surface area contributed by atoms with Crippen molar-refractivity contribution in [1.29, 1.82) is 0 Å². The molecule has 2 heterocycles. The molecule has 0 atom stereocenters. The lowest BCUT2D eigenvalue weighted by Crippen LogP contribution is -2.49. The first-order valence-corrected chi connectivity index (χ1v) is 11.0. The average molecular weight is 439 g/mol. The smallest absolute Gasteiger partial charge is 0.321 e. The van der Waals surface area contributed by atoms with Crippen LogP contribution in [0, 0.1) is 0 Å². The van der Waals surface area contributed by atoms with Gasteiger partial charge in [0.05, 0.1) is 14.2 Å². The Morgan fingerprint density at radius 2 is 1.69 bits per heavy atom.